The van der Waals surface area contributed by atoms with E-state index >= 15 is 0 Å². The van der Waals surface area contributed by atoms with E-state index in [0.29, 0.717) is 5.92 Å². The molecule has 0 aliphatic carbocycles. The van der Waals surface area contributed by atoms with E-state index in [-0.39, 0.29) is 0 Å². The standard InChI is InChI=1S/C11H22N4/c1-5-6-11-10(7-12-4)13-14-15(11)8-9(2)3/h9,12H,5-8H2,1-4H3. The Balaban J connectivity index is 2.84. The van der Waals surface area contributed by atoms with Gasteiger partial charge in [-0.3, -0.25) is 0 Å². The van der Waals surface area contributed by atoms with Gasteiger partial charge in [0.2, 0.25) is 0 Å². The van der Waals surface area contributed by atoms with E-state index in [9.17, 15) is 0 Å². The fourth-order valence-electron chi connectivity index (χ4n) is 1.68. The third kappa shape index (κ3) is 3.30. The summed E-state index contributed by atoms with van der Waals surface area (Å²) in [5, 5.41) is 11.6. The molecule has 0 aliphatic rings. The molecule has 0 spiro atoms. The summed E-state index contributed by atoms with van der Waals surface area (Å²) in [4.78, 5) is 0. The van der Waals surface area contributed by atoms with Gasteiger partial charge < -0.3 is 5.32 Å². The van der Waals surface area contributed by atoms with Gasteiger partial charge in [0.25, 0.3) is 0 Å². The number of nitrogens with one attached hydrogen (secondary N) is 1. The van der Waals surface area contributed by atoms with Crippen LogP contribution in [0, 0.1) is 5.92 Å². The molecule has 1 aromatic rings. The van der Waals surface area contributed by atoms with E-state index in [2.05, 4.69) is 41.1 Å². The Labute approximate surface area is 92.1 Å². The minimum absolute atomic E-state index is 0.616. The predicted octanol–water partition coefficient (Wildman–Crippen LogP) is 1.61. The van der Waals surface area contributed by atoms with Crippen molar-refractivity contribution in [2.45, 2.75) is 46.7 Å². The number of hydrogen-bond acceptors (Lipinski definition) is 3. The third-order valence-corrected chi connectivity index (χ3v) is 2.29. The summed E-state index contributed by atoms with van der Waals surface area (Å²) in [5.41, 5.74) is 2.39. The Bertz CT molecular complexity index is 291. The lowest BCUT2D eigenvalue weighted by Crippen LogP contribution is -2.12. The van der Waals surface area contributed by atoms with Crippen molar-refractivity contribution in [1.29, 1.82) is 0 Å². The Hall–Kier alpha value is -0.900. The molecule has 4 heteroatoms. The van der Waals surface area contributed by atoms with Gasteiger partial charge in [-0.05, 0) is 19.4 Å². The molecule has 0 saturated heterocycles. The first-order valence-corrected chi connectivity index (χ1v) is 5.74. The van der Waals surface area contributed by atoms with Gasteiger partial charge >= 0.3 is 0 Å². The highest BCUT2D eigenvalue weighted by Crippen LogP contribution is 2.10. The summed E-state index contributed by atoms with van der Waals surface area (Å²) in [7, 11) is 1.94. The van der Waals surface area contributed by atoms with Gasteiger partial charge in [-0.25, -0.2) is 4.68 Å². The minimum atomic E-state index is 0.616. The fraction of sp³-hybridized carbons (Fsp3) is 0.818. The average Bonchev–Trinajstić information content (AvgIpc) is 2.51. The monoisotopic (exact) mass is 210 g/mol. The van der Waals surface area contributed by atoms with Crippen LogP contribution in [0.5, 0.6) is 0 Å². The maximum Gasteiger partial charge on any atom is 0.0996 e. The first kappa shape index (κ1) is 12.2. The van der Waals surface area contributed by atoms with Gasteiger partial charge in [-0.1, -0.05) is 32.4 Å². The van der Waals surface area contributed by atoms with Crippen LogP contribution in [0.4, 0.5) is 0 Å². The Morgan fingerprint density at radius 3 is 2.67 bits per heavy atom. The highest BCUT2D eigenvalue weighted by molar-refractivity contribution is 5.10. The molecule has 0 unspecified atom stereocenters. The van der Waals surface area contributed by atoms with Crippen molar-refractivity contribution in [3.05, 3.63) is 11.4 Å². The van der Waals surface area contributed by atoms with Crippen LogP contribution in [-0.2, 0) is 19.5 Å². The molecule has 1 heterocycles. The minimum Gasteiger partial charge on any atom is -0.314 e. The highest BCUT2D eigenvalue weighted by atomic mass is 15.4. The van der Waals surface area contributed by atoms with Crippen LogP contribution >= 0.6 is 0 Å². The second-order valence-corrected chi connectivity index (χ2v) is 4.34. The molecule has 0 atom stereocenters. The van der Waals surface area contributed by atoms with Gasteiger partial charge in [0.15, 0.2) is 0 Å². The molecule has 0 saturated carbocycles. The number of nitrogens with zero attached hydrogens (tertiary/aromatic N) is 3. The summed E-state index contributed by atoms with van der Waals surface area (Å²) in [6.07, 6.45) is 2.21. The summed E-state index contributed by atoms with van der Waals surface area (Å²) in [5.74, 6) is 0.616. The van der Waals surface area contributed by atoms with Crippen molar-refractivity contribution in [3.63, 3.8) is 0 Å². The number of hydrogen-bond donors (Lipinski definition) is 1. The second-order valence-electron chi connectivity index (χ2n) is 4.34. The molecule has 1 rings (SSSR count). The molecule has 1 N–H and O–H groups in total. The van der Waals surface area contributed by atoms with Crippen LogP contribution in [0.3, 0.4) is 0 Å². The predicted molar refractivity (Wildman–Crippen MR) is 61.6 cm³/mol. The third-order valence-electron chi connectivity index (χ3n) is 2.29. The zero-order chi connectivity index (χ0) is 11.3. The molecule has 0 aliphatic heterocycles. The lowest BCUT2D eigenvalue weighted by atomic mass is 10.2. The Morgan fingerprint density at radius 2 is 2.13 bits per heavy atom. The molecule has 0 fully saturated rings. The van der Waals surface area contributed by atoms with E-state index in [4.69, 9.17) is 0 Å². The molecular formula is C11H22N4. The number of rotatable bonds is 6. The highest BCUT2D eigenvalue weighted by Gasteiger charge is 2.11. The van der Waals surface area contributed by atoms with E-state index < -0.39 is 0 Å². The maximum atomic E-state index is 4.23. The van der Waals surface area contributed by atoms with Gasteiger partial charge in [-0.2, -0.15) is 0 Å². The largest absolute Gasteiger partial charge is 0.314 e. The summed E-state index contributed by atoms with van der Waals surface area (Å²) >= 11 is 0. The van der Waals surface area contributed by atoms with Gasteiger partial charge in [0.05, 0.1) is 11.4 Å². The SMILES string of the molecule is CCCc1c(CNC)nnn1CC(C)C. The van der Waals surface area contributed by atoms with E-state index in [1.807, 2.05) is 7.05 Å². The molecule has 86 valence electrons. The van der Waals surface area contributed by atoms with Crippen molar-refractivity contribution < 1.29 is 0 Å². The van der Waals surface area contributed by atoms with Gasteiger partial charge in [0, 0.05) is 13.1 Å². The van der Waals surface area contributed by atoms with Crippen LogP contribution in [0.1, 0.15) is 38.6 Å². The van der Waals surface area contributed by atoms with E-state index in [0.717, 1.165) is 31.6 Å². The topological polar surface area (TPSA) is 42.7 Å². The van der Waals surface area contributed by atoms with Crippen molar-refractivity contribution in [2.75, 3.05) is 7.05 Å². The fourth-order valence-corrected chi connectivity index (χ4v) is 1.68. The van der Waals surface area contributed by atoms with Crippen molar-refractivity contribution >= 4 is 0 Å². The molecular weight excluding hydrogens is 188 g/mol. The van der Waals surface area contributed by atoms with Crippen LogP contribution < -0.4 is 5.32 Å². The Morgan fingerprint density at radius 1 is 1.40 bits per heavy atom. The van der Waals surface area contributed by atoms with Crippen molar-refractivity contribution in [2.24, 2.45) is 5.92 Å². The van der Waals surface area contributed by atoms with Crippen molar-refractivity contribution in [3.8, 4) is 0 Å². The Kier molecular flexibility index (Phi) is 4.75. The normalized spacial score (nSPS) is 11.3. The zero-order valence-electron chi connectivity index (χ0n) is 10.2. The first-order chi connectivity index (χ1) is 7.19. The van der Waals surface area contributed by atoms with Crippen LogP contribution in [0.15, 0.2) is 0 Å². The van der Waals surface area contributed by atoms with Crippen molar-refractivity contribution in [1.82, 2.24) is 20.3 Å². The molecule has 0 aromatic carbocycles. The molecule has 15 heavy (non-hydrogen) atoms. The quantitative estimate of drug-likeness (QED) is 0.775. The lowest BCUT2D eigenvalue weighted by Gasteiger charge is -2.09. The first-order valence-electron chi connectivity index (χ1n) is 5.74. The summed E-state index contributed by atoms with van der Waals surface area (Å²) in [6, 6.07) is 0. The molecule has 1 aromatic heterocycles. The molecule has 0 radical (unpaired) electrons. The molecule has 4 nitrogen and oxygen atoms in total. The number of aromatic nitrogens is 3. The van der Waals surface area contributed by atoms with E-state index in [1.54, 1.807) is 0 Å². The smallest absolute Gasteiger partial charge is 0.0996 e. The zero-order valence-corrected chi connectivity index (χ0v) is 10.2. The lowest BCUT2D eigenvalue weighted by molar-refractivity contribution is 0.457. The average molecular weight is 210 g/mol. The van der Waals surface area contributed by atoms with Crippen LogP contribution in [0.2, 0.25) is 0 Å². The van der Waals surface area contributed by atoms with E-state index in [1.165, 1.54) is 5.69 Å². The molecule has 0 amide bonds. The summed E-state index contributed by atoms with van der Waals surface area (Å²) in [6.45, 7) is 8.37. The summed E-state index contributed by atoms with van der Waals surface area (Å²) < 4.78 is 2.06. The second kappa shape index (κ2) is 5.85. The van der Waals surface area contributed by atoms with Crippen LogP contribution in [0.25, 0.3) is 0 Å². The molecule has 0 bridgehead atoms. The van der Waals surface area contributed by atoms with Gasteiger partial charge in [0.1, 0.15) is 0 Å². The van der Waals surface area contributed by atoms with Crippen LogP contribution in [-0.4, -0.2) is 22.0 Å². The maximum absolute atomic E-state index is 4.23. The van der Waals surface area contributed by atoms with Gasteiger partial charge in [-0.15, -0.1) is 5.10 Å².